The Morgan fingerprint density at radius 1 is 0.795 bits per heavy atom. The number of ether oxygens (including phenoxy) is 1. The molecular formula is C60H89N7O6. The number of carboxylic acids is 1. The molecule has 2 amide bonds. The van der Waals surface area contributed by atoms with Gasteiger partial charge >= 0.3 is 11.9 Å². The molecule has 13 nitrogen and oxygen atoms in total. The summed E-state index contributed by atoms with van der Waals surface area (Å²) in [7, 11) is 0. The Morgan fingerprint density at radius 2 is 1.51 bits per heavy atom. The number of anilines is 2. The van der Waals surface area contributed by atoms with E-state index in [4.69, 9.17) is 4.74 Å². The summed E-state index contributed by atoms with van der Waals surface area (Å²) >= 11 is 0. The van der Waals surface area contributed by atoms with E-state index >= 15 is 4.79 Å². The highest BCUT2D eigenvalue weighted by Gasteiger charge is 2.72. The number of carboxylic acid groups (broad SMARTS) is 1. The zero-order valence-corrected chi connectivity index (χ0v) is 45.9. The molecule has 0 bridgehead atoms. The number of benzene rings is 1. The second kappa shape index (κ2) is 20.5. The number of unbranched alkanes of at least 4 members (excludes halogenated alkanes) is 1. The minimum Gasteiger partial charge on any atom is -0.481 e. The fourth-order valence-corrected chi connectivity index (χ4v) is 17.2. The lowest BCUT2D eigenvalue weighted by atomic mass is 9.32. The first kappa shape index (κ1) is 53.3. The molecule has 2 saturated heterocycles. The number of piperazine rings is 2. The van der Waals surface area contributed by atoms with Gasteiger partial charge in [0.1, 0.15) is 24.1 Å². The van der Waals surface area contributed by atoms with Gasteiger partial charge in [0.2, 0.25) is 11.8 Å². The van der Waals surface area contributed by atoms with Gasteiger partial charge < -0.3 is 29.9 Å². The lowest BCUT2D eigenvalue weighted by Crippen LogP contribution is -2.67. The third kappa shape index (κ3) is 9.84. The summed E-state index contributed by atoms with van der Waals surface area (Å²) in [4.78, 5) is 71.7. The number of carbonyl (C=O) groups is 4. The second-order valence-corrected chi connectivity index (χ2v) is 26.1. The molecule has 3 heterocycles. The monoisotopic (exact) mass is 1000 g/mol. The molecule has 9 rings (SSSR count). The van der Waals surface area contributed by atoms with Crippen LogP contribution >= 0.6 is 0 Å². The smallest absolute Gasteiger partial charge is 0.309 e. The first-order valence-electron chi connectivity index (χ1n) is 28.4. The van der Waals surface area contributed by atoms with Gasteiger partial charge in [-0.15, -0.1) is 0 Å². The summed E-state index contributed by atoms with van der Waals surface area (Å²) in [5, 5.41) is 13.1. The molecule has 10 atom stereocenters. The maximum Gasteiger partial charge on any atom is 0.309 e. The van der Waals surface area contributed by atoms with Crippen LogP contribution in [0.15, 0.2) is 54.9 Å². The number of hydrogen-bond donors (Lipinski definition) is 2. The Hall–Kier alpha value is -4.52. The summed E-state index contributed by atoms with van der Waals surface area (Å²) in [6.45, 7) is 30.3. The molecule has 0 radical (unpaired) electrons. The number of aromatic nitrogens is 2. The van der Waals surface area contributed by atoms with Crippen molar-refractivity contribution >= 4 is 35.4 Å². The fraction of sp³-hybridized carbons (Fsp3) is 0.733. The van der Waals surface area contributed by atoms with Gasteiger partial charge in [-0.2, -0.15) is 0 Å². The molecule has 7 fully saturated rings. The van der Waals surface area contributed by atoms with Gasteiger partial charge in [-0.1, -0.05) is 77.1 Å². The van der Waals surface area contributed by atoms with Crippen molar-refractivity contribution in [3.63, 3.8) is 0 Å². The van der Waals surface area contributed by atoms with Crippen molar-refractivity contribution in [1.29, 1.82) is 0 Å². The number of esters is 1. The van der Waals surface area contributed by atoms with Crippen LogP contribution in [0.2, 0.25) is 0 Å². The van der Waals surface area contributed by atoms with Crippen LogP contribution in [0.1, 0.15) is 151 Å². The largest absolute Gasteiger partial charge is 0.481 e. The van der Waals surface area contributed by atoms with E-state index in [1.807, 2.05) is 29.2 Å². The number of hydrogen-bond acceptors (Lipinski definition) is 10. The van der Waals surface area contributed by atoms with Crippen LogP contribution in [0.25, 0.3) is 0 Å². The molecule has 2 aliphatic heterocycles. The highest BCUT2D eigenvalue weighted by Crippen LogP contribution is 2.78. The van der Waals surface area contributed by atoms with Crippen LogP contribution in [-0.4, -0.2) is 119 Å². The molecule has 5 aliphatic carbocycles. The van der Waals surface area contributed by atoms with Gasteiger partial charge in [0.05, 0.1) is 17.3 Å². The summed E-state index contributed by atoms with van der Waals surface area (Å²) in [5.74, 6) is 3.02. The second-order valence-electron chi connectivity index (χ2n) is 26.1. The molecule has 1 aromatic heterocycles. The first-order valence-corrected chi connectivity index (χ1v) is 28.4. The molecule has 2 aromatic rings. The van der Waals surface area contributed by atoms with Crippen molar-refractivity contribution in [2.24, 2.45) is 62.1 Å². The van der Waals surface area contributed by atoms with Crippen LogP contribution in [0.5, 0.6) is 0 Å². The fourth-order valence-electron chi connectivity index (χ4n) is 17.2. The van der Waals surface area contributed by atoms with Crippen molar-refractivity contribution in [1.82, 2.24) is 24.7 Å². The van der Waals surface area contributed by atoms with Gasteiger partial charge in [-0.25, -0.2) is 9.97 Å². The number of carbonyl (C=O) groups excluding carboxylic acids is 3. The highest BCUT2D eigenvalue weighted by molar-refractivity contribution is 5.84. The Morgan fingerprint density at radius 3 is 2.21 bits per heavy atom. The zero-order valence-electron chi connectivity index (χ0n) is 45.9. The Kier molecular flexibility index (Phi) is 15.0. The summed E-state index contributed by atoms with van der Waals surface area (Å²) in [6, 6.07) is 12.3. The lowest BCUT2D eigenvalue weighted by molar-refractivity contribution is -0.250. The molecule has 0 spiro atoms. The number of fused-ring (bicyclic) bond motifs is 7. The summed E-state index contributed by atoms with van der Waals surface area (Å²) < 4.78 is 6.23. The molecule has 1 aromatic carbocycles. The standard InChI is InChI=1S/C60H89N7O6/c1-41(2)43-20-25-60(27-26-58(8)44(52(43)60)18-19-46-57(7)23-22-47(73-51(69)38-55(3,4)54(71)72)56(5,6)45(57)21-24-59(46,58)9)53(70)67-31-29-64(30-32-67)28-14-13-17-50(68)66-35-33-65(34-36-66)49-37-48(62-40-63-49)61-39-42-15-11-10-12-16-42/h10-12,15-16,37,40,43-47,52H,1,13-14,17-36,38-39H2,2-9H3,(H,71,72)(H,61,62,63)/t43-,44+,45-,46+,47-,52+,57-,58+,59+,60-/m0/s1. The predicted octanol–water partition coefficient (Wildman–Crippen LogP) is 10.1. The van der Waals surface area contributed by atoms with Gasteiger partial charge in [0.25, 0.3) is 0 Å². The average Bonchev–Trinajstić information content (AvgIpc) is 3.77. The zero-order chi connectivity index (χ0) is 52.1. The highest BCUT2D eigenvalue weighted by atomic mass is 16.5. The number of aliphatic carboxylic acids is 1. The number of amides is 2. The third-order valence-corrected chi connectivity index (χ3v) is 21.6. The predicted molar refractivity (Wildman–Crippen MR) is 286 cm³/mol. The van der Waals surface area contributed by atoms with Crippen LogP contribution < -0.4 is 10.2 Å². The van der Waals surface area contributed by atoms with E-state index < -0.39 is 17.4 Å². The maximum atomic E-state index is 15.3. The lowest BCUT2D eigenvalue weighted by Gasteiger charge is -2.73. The molecule has 400 valence electrons. The molecule has 2 N–H and O–H groups in total. The normalized spacial score (nSPS) is 34.2. The van der Waals surface area contributed by atoms with E-state index in [0.717, 1.165) is 128 Å². The van der Waals surface area contributed by atoms with Gasteiger partial charge in [-0.05, 0) is 156 Å². The van der Waals surface area contributed by atoms with Gasteiger partial charge in [0.15, 0.2) is 0 Å². The third-order valence-electron chi connectivity index (χ3n) is 21.6. The van der Waals surface area contributed by atoms with Crippen LogP contribution in [0.4, 0.5) is 11.6 Å². The molecule has 5 saturated carbocycles. The quantitative estimate of drug-likeness (QED) is 0.0998. The topological polar surface area (TPSA) is 149 Å². The Bertz CT molecular complexity index is 2360. The number of nitrogens with zero attached hydrogens (tertiary/aromatic N) is 6. The van der Waals surface area contributed by atoms with Crippen molar-refractivity contribution < 1.29 is 29.0 Å². The van der Waals surface area contributed by atoms with Gasteiger partial charge in [-0.3, -0.25) is 24.1 Å². The van der Waals surface area contributed by atoms with E-state index in [1.165, 1.54) is 17.6 Å². The average molecular weight is 1000 g/mol. The van der Waals surface area contributed by atoms with E-state index in [-0.39, 0.29) is 45.5 Å². The number of rotatable bonds is 15. The minimum atomic E-state index is -1.16. The summed E-state index contributed by atoms with van der Waals surface area (Å²) in [5.41, 5.74) is 1.05. The summed E-state index contributed by atoms with van der Waals surface area (Å²) in [6.07, 6.45) is 14.1. The SMILES string of the molecule is C=C(C)[C@@H]1CC[C@]2(C(=O)N3CCN(CCCCC(=O)N4CCN(c5cc(NCc6ccccc6)ncn5)CC4)CC3)CC[C@]3(C)[C@H](CC[C@@H]4[C@@]5(C)CC[C@H](OC(=O)CC(C)(C)C(=O)O)C(C)(C)[C@@H]5CC[C@]43C)[C@@H]12. The van der Waals surface area contributed by atoms with E-state index in [2.05, 4.69) is 90.2 Å². The van der Waals surface area contributed by atoms with Crippen LogP contribution in [0, 0.1) is 62.1 Å². The van der Waals surface area contributed by atoms with E-state index in [9.17, 15) is 19.5 Å². The maximum absolute atomic E-state index is 15.3. The molecular weight excluding hydrogens is 915 g/mol. The first-order chi connectivity index (χ1) is 34.6. The molecule has 73 heavy (non-hydrogen) atoms. The number of nitrogens with one attached hydrogen (secondary N) is 1. The van der Waals surface area contributed by atoms with Crippen molar-refractivity contribution in [2.45, 2.75) is 158 Å². The van der Waals surface area contributed by atoms with Crippen LogP contribution in [-0.2, 0) is 30.5 Å². The van der Waals surface area contributed by atoms with Crippen LogP contribution in [0.3, 0.4) is 0 Å². The van der Waals surface area contributed by atoms with Crippen molar-refractivity contribution in [2.75, 3.05) is 69.1 Å². The molecule has 0 unspecified atom stereocenters. The van der Waals surface area contributed by atoms with E-state index in [1.54, 1.807) is 20.2 Å². The molecule has 7 aliphatic rings. The Balaban J connectivity index is 0.763. The number of allylic oxidation sites excluding steroid dienone is 1. The van der Waals surface area contributed by atoms with Gasteiger partial charge in [0, 0.05) is 76.8 Å². The van der Waals surface area contributed by atoms with Crippen molar-refractivity contribution in [3.8, 4) is 0 Å². The Labute approximate surface area is 437 Å². The molecule has 13 heteroatoms. The van der Waals surface area contributed by atoms with E-state index in [0.29, 0.717) is 61.6 Å². The minimum absolute atomic E-state index is 0.0961. The van der Waals surface area contributed by atoms with Crippen molar-refractivity contribution in [3.05, 3.63) is 60.4 Å².